The number of aliphatic hydroxyl groups excluding tert-OH is 4. The third-order valence-electron chi connectivity index (χ3n) is 11.5. The van der Waals surface area contributed by atoms with Gasteiger partial charge in [-0.05, 0) is 130 Å². The number of esters is 2. The first-order valence-corrected chi connectivity index (χ1v) is 29.0. The molecule has 27 heteroatoms. The molecule has 0 unspecified atom stereocenters. The number of hydrogen-bond acceptors (Lipinski definition) is 26. The van der Waals surface area contributed by atoms with Crippen LogP contribution in [0.2, 0.25) is 0 Å². The van der Waals surface area contributed by atoms with Crippen LogP contribution in [-0.2, 0) is 73.1 Å². The molecule has 0 fully saturated rings. The molecule has 0 bridgehead atoms. The van der Waals surface area contributed by atoms with Gasteiger partial charge in [0.05, 0.1) is 90.7 Å². The Labute approximate surface area is 538 Å². The molecule has 0 aliphatic carbocycles. The number of benzene rings is 3. The highest BCUT2D eigenvalue weighted by Gasteiger charge is 2.18. The summed E-state index contributed by atoms with van der Waals surface area (Å²) in [6.07, 6.45) is 12.2. The van der Waals surface area contributed by atoms with Crippen molar-refractivity contribution in [2.24, 2.45) is 0 Å². The topological polar surface area (TPSA) is 368 Å². The van der Waals surface area contributed by atoms with E-state index in [2.05, 4.69) is 4.74 Å². The number of furan rings is 3. The van der Waals surface area contributed by atoms with Crippen molar-refractivity contribution in [3.8, 4) is 34.5 Å². The van der Waals surface area contributed by atoms with Gasteiger partial charge in [-0.25, -0.2) is 0 Å². The van der Waals surface area contributed by atoms with Crippen LogP contribution in [0.25, 0.3) is 12.2 Å². The predicted molar refractivity (Wildman–Crippen MR) is 338 cm³/mol. The minimum atomic E-state index is -0.970. The highest BCUT2D eigenvalue weighted by Crippen LogP contribution is 2.33. The van der Waals surface area contributed by atoms with Crippen molar-refractivity contribution in [3.05, 3.63) is 177 Å². The molecule has 92 heavy (non-hydrogen) atoms. The molecule has 3 aromatic heterocycles. The maximum atomic E-state index is 12.5. The van der Waals surface area contributed by atoms with E-state index in [1.165, 1.54) is 111 Å². The maximum Gasteiger partial charge on any atom is 0.316 e. The molecule has 0 saturated heterocycles. The molecule has 494 valence electrons. The largest absolute Gasteiger partial charge is 0.496 e. The second kappa shape index (κ2) is 43.0. The van der Waals surface area contributed by atoms with Crippen LogP contribution >= 0.6 is 23.5 Å². The van der Waals surface area contributed by atoms with Crippen LogP contribution in [0.5, 0.6) is 34.5 Å². The Morgan fingerprint density at radius 2 is 0.804 bits per heavy atom. The fourth-order valence-corrected chi connectivity index (χ4v) is 8.15. The van der Waals surface area contributed by atoms with Crippen LogP contribution in [0.15, 0.2) is 123 Å². The van der Waals surface area contributed by atoms with Gasteiger partial charge in [-0.2, -0.15) is 0 Å². The highest BCUT2D eigenvalue weighted by atomic mass is 32.2. The van der Waals surface area contributed by atoms with E-state index in [0.717, 1.165) is 23.5 Å². The highest BCUT2D eigenvalue weighted by molar-refractivity contribution is 8.14. The fourth-order valence-electron chi connectivity index (χ4n) is 7.08. The number of carboxylic acid groups (broad SMARTS) is 1. The van der Waals surface area contributed by atoms with Gasteiger partial charge in [0.15, 0.2) is 29.4 Å². The molecule has 5 N–H and O–H groups in total. The molecule has 25 nitrogen and oxygen atoms in total. The number of aliphatic carboxylic acids is 1. The first-order chi connectivity index (χ1) is 44.0. The third-order valence-corrected chi connectivity index (χ3v) is 13.1. The molecule has 6 rings (SSSR count). The quantitative estimate of drug-likeness (QED) is 0.0132. The van der Waals surface area contributed by atoms with Gasteiger partial charge in [0.2, 0.25) is 10.2 Å². The third kappa shape index (κ3) is 27.5. The van der Waals surface area contributed by atoms with Crippen LogP contribution in [0.4, 0.5) is 0 Å². The standard InChI is InChI=1S/C23H24O8S.C17H18O6.C11H14O4.C8H8O4.C6H8O3S/c1-4-5-23(27)32-14-22(26)30-13-17-7-6-16(31-17)8-9-19(25)15-10-20(28-2)18(12-24)21(11-15)29-3;1-21-16-7-11(8-17(22-2)14(16)10-19)15(20)6-5-12-3-4-13(9-18)23-12;1-7(13)8-4-10(14-2)9(6-12)11(5-8)15-3;1-6(10)11-5-8-3-2-7(4-9)12-8;1-2-3-6(9)10-4-5(7)8/h4-11,24H,12-14H2,1-3H3;3-8,18-19H,9-10H2,1-2H3;4-5,12H,6H2,1-3H3;2-4H,5H2,1H3;2-3H,4H2,1H3,(H,7,8)/b5-4+,9-8+;6-5+;;;3-2+. The van der Waals surface area contributed by atoms with Gasteiger partial charge < -0.3 is 76.7 Å². The van der Waals surface area contributed by atoms with E-state index >= 15 is 0 Å². The van der Waals surface area contributed by atoms with Gasteiger partial charge in [-0.3, -0.25) is 43.2 Å². The number of aliphatic hydroxyl groups is 4. The van der Waals surface area contributed by atoms with E-state index < -0.39 is 11.9 Å². The summed E-state index contributed by atoms with van der Waals surface area (Å²) in [5.74, 6) is 1.94. The van der Waals surface area contributed by atoms with Crippen LogP contribution < -0.4 is 28.4 Å². The van der Waals surface area contributed by atoms with Crippen molar-refractivity contribution in [2.75, 3.05) is 54.2 Å². The lowest BCUT2D eigenvalue weighted by Gasteiger charge is -2.12. The Bertz CT molecular complexity index is 3470. The van der Waals surface area contributed by atoms with Gasteiger partial charge >= 0.3 is 17.9 Å². The second-order valence-electron chi connectivity index (χ2n) is 17.7. The maximum absolute atomic E-state index is 12.5. The van der Waals surface area contributed by atoms with Crippen molar-refractivity contribution < 1.29 is 120 Å². The molecule has 6 aromatic rings. The van der Waals surface area contributed by atoms with Gasteiger partial charge in [0.1, 0.15) is 83.1 Å². The lowest BCUT2D eigenvalue weighted by atomic mass is 10.1. The summed E-state index contributed by atoms with van der Waals surface area (Å²) in [6.45, 7) is 5.25. The smallest absolute Gasteiger partial charge is 0.316 e. The Morgan fingerprint density at radius 3 is 1.12 bits per heavy atom. The van der Waals surface area contributed by atoms with Gasteiger partial charge in [-0.1, -0.05) is 35.7 Å². The monoisotopic (exact) mass is 1320 g/mol. The summed E-state index contributed by atoms with van der Waals surface area (Å²) in [4.78, 5) is 100. The number of hydrogen-bond donors (Lipinski definition) is 5. The Hall–Kier alpha value is -9.77. The number of carbonyl (C=O) groups excluding carboxylic acids is 8. The minimum absolute atomic E-state index is 0.0726. The lowest BCUT2D eigenvalue weighted by Crippen LogP contribution is -2.08. The Morgan fingerprint density at radius 1 is 0.457 bits per heavy atom. The van der Waals surface area contributed by atoms with Gasteiger partial charge in [0.25, 0.3) is 0 Å². The summed E-state index contributed by atoms with van der Waals surface area (Å²) in [6, 6.07) is 19.0. The molecule has 0 aliphatic heterocycles. The number of thioether (sulfide) groups is 2. The zero-order valence-electron chi connectivity index (χ0n) is 52.0. The van der Waals surface area contributed by atoms with Crippen LogP contribution in [0.1, 0.15) is 115 Å². The Balaban J connectivity index is 0.000000419. The summed E-state index contributed by atoms with van der Waals surface area (Å²) in [5, 5.41) is 44.6. The van der Waals surface area contributed by atoms with Crippen LogP contribution in [0, 0.1) is 0 Å². The number of aldehydes is 1. The molecule has 0 saturated carbocycles. The number of carboxylic acids is 1. The zero-order valence-corrected chi connectivity index (χ0v) is 53.6. The number of ether oxygens (including phenoxy) is 8. The molecular weight excluding hydrogens is 1240 g/mol. The first kappa shape index (κ1) is 78.3. The van der Waals surface area contributed by atoms with Gasteiger partial charge in [-0.15, -0.1) is 0 Å². The van der Waals surface area contributed by atoms with E-state index in [0.29, 0.717) is 103 Å². The lowest BCUT2D eigenvalue weighted by molar-refractivity contribution is -0.143. The van der Waals surface area contributed by atoms with E-state index in [9.17, 15) is 53.4 Å². The molecule has 0 aliphatic rings. The number of ketones is 3. The van der Waals surface area contributed by atoms with Crippen molar-refractivity contribution in [2.45, 2.75) is 67.3 Å². The predicted octanol–water partition coefficient (Wildman–Crippen LogP) is 9.20. The molecule has 3 aromatic carbocycles. The van der Waals surface area contributed by atoms with Crippen LogP contribution in [-0.4, -0.2) is 131 Å². The van der Waals surface area contributed by atoms with Crippen molar-refractivity contribution in [1.82, 2.24) is 0 Å². The summed E-state index contributed by atoms with van der Waals surface area (Å²) < 4.78 is 56.4. The van der Waals surface area contributed by atoms with Gasteiger partial charge in [0, 0.05) is 23.6 Å². The fraction of sp³-hybridized carbons (Fsp3) is 0.277. The molecular formula is C65H72O25S2. The molecule has 0 radical (unpaired) electrons. The van der Waals surface area contributed by atoms with Crippen molar-refractivity contribution in [1.29, 1.82) is 0 Å². The number of rotatable bonds is 28. The molecule has 0 atom stereocenters. The van der Waals surface area contributed by atoms with Crippen LogP contribution in [0.3, 0.4) is 0 Å². The average molecular weight is 1320 g/mol. The average Bonchev–Trinajstić information content (AvgIpc) is 1.39. The van der Waals surface area contributed by atoms with E-state index in [1.54, 1.807) is 80.6 Å². The van der Waals surface area contributed by atoms with E-state index in [1.807, 2.05) is 0 Å². The Kier molecular flexibility index (Phi) is 36.6. The normalized spacial score (nSPS) is 10.5. The number of Topliss-reactive ketones (excluding diaryl/α,β-unsaturated/α-hetero) is 1. The summed E-state index contributed by atoms with van der Waals surface area (Å²) in [5.41, 5.74) is 2.66. The summed E-state index contributed by atoms with van der Waals surface area (Å²) in [7, 11) is 8.76. The first-order valence-electron chi connectivity index (χ1n) is 27.0. The SMILES string of the molecule is C/C=C/C(=O)SCC(=O)O.C/C=C/C(=O)SCC(=O)OCc1ccc(/C=C/C(=O)c2cc(OC)c(CO)c(OC)c2)o1.CC(=O)OCc1ccc(C=O)o1.COc1cc(C(=O)/C=C/c2ccc(CO)o2)cc(OC)c1CO.COc1cc(C(C)=O)cc(OC)c1CO. The minimum Gasteiger partial charge on any atom is -0.496 e. The second-order valence-corrected chi connectivity index (χ2v) is 19.7. The van der Waals surface area contributed by atoms with E-state index in [4.69, 9.17) is 61.7 Å². The van der Waals surface area contributed by atoms with E-state index in [-0.39, 0.29) is 90.5 Å². The van der Waals surface area contributed by atoms with Crippen molar-refractivity contribution >= 4 is 87.5 Å². The zero-order chi connectivity index (χ0) is 68.7. The number of methoxy groups -OCH3 is 6. The molecule has 0 spiro atoms. The number of allylic oxidation sites excluding steroid dienone is 4. The number of carbonyl (C=O) groups is 9. The molecule has 3 heterocycles. The van der Waals surface area contributed by atoms with Crippen molar-refractivity contribution in [3.63, 3.8) is 0 Å². The molecule has 0 amide bonds. The summed E-state index contributed by atoms with van der Waals surface area (Å²) >= 11 is 1.64.